The van der Waals surface area contributed by atoms with Gasteiger partial charge in [0, 0.05) is 11.4 Å². The Bertz CT molecular complexity index is 306. The van der Waals surface area contributed by atoms with Gasteiger partial charge in [-0.2, -0.15) is 0 Å². The van der Waals surface area contributed by atoms with Crippen LogP contribution in [0.15, 0.2) is 24.3 Å². The molecule has 3 heteroatoms. The second-order valence-electron chi connectivity index (χ2n) is 3.41. The Morgan fingerprint density at radius 2 is 2.00 bits per heavy atom. The van der Waals surface area contributed by atoms with E-state index in [1.807, 2.05) is 31.2 Å². The van der Waals surface area contributed by atoms with Gasteiger partial charge in [-0.25, -0.2) is 0 Å². The fraction of sp³-hybridized carbons (Fsp3) is 0.417. The fourth-order valence-corrected chi connectivity index (χ4v) is 1.34. The first-order chi connectivity index (χ1) is 7.22. The largest absolute Gasteiger partial charge is 0.369 e. The van der Waals surface area contributed by atoms with Crippen LogP contribution in [0.1, 0.15) is 25.3 Å². The Morgan fingerprint density at radius 3 is 2.60 bits per heavy atom. The molecule has 82 valence electrons. The molecule has 0 radical (unpaired) electrons. The molecule has 0 saturated carbocycles. The van der Waals surface area contributed by atoms with Gasteiger partial charge >= 0.3 is 0 Å². The molecule has 0 fully saturated rings. The van der Waals surface area contributed by atoms with Crippen molar-refractivity contribution in [3.05, 3.63) is 34.9 Å². The van der Waals surface area contributed by atoms with E-state index in [4.69, 9.17) is 16.3 Å². The Balaban J connectivity index is 2.26. The van der Waals surface area contributed by atoms with E-state index >= 15 is 0 Å². The van der Waals surface area contributed by atoms with Crippen LogP contribution in [0.25, 0.3) is 0 Å². The van der Waals surface area contributed by atoms with Crippen LogP contribution < -0.4 is 0 Å². The maximum absolute atomic E-state index is 11.1. The van der Waals surface area contributed by atoms with E-state index in [1.54, 1.807) is 0 Å². The molecule has 1 aromatic carbocycles. The maximum atomic E-state index is 11.1. The number of hydrogen-bond donors (Lipinski definition) is 0. The number of ketones is 1. The number of ether oxygens (including phenoxy) is 1. The van der Waals surface area contributed by atoms with Gasteiger partial charge in [0.1, 0.15) is 6.61 Å². The number of carbonyl (C=O) groups is 1. The Labute approximate surface area is 95.2 Å². The number of benzene rings is 1. The smallest absolute Gasteiger partial charge is 0.158 e. The number of hydrogen-bond acceptors (Lipinski definition) is 2. The number of halogens is 1. The predicted molar refractivity (Wildman–Crippen MR) is 61.0 cm³/mol. The maximum Gasteiger partial charge on any atom is 0.158 e. The van der Waals surface area contributed by atoms with Crippen molar-refractivity contribution in [2.45, 2.75) is 26.4 Å². The zero-order valence-electron chi connectivity index (χ0n) is 8.83. The van der Waals surface area contributed by atoms with Crippen molar-refractivity contribution in [3.63, 3.8) is 0 Å². The lowest BCUT2D eigenvalue weighted by Gasteiger charge is -2.03. The van der Waals surface area contributed by atoms with Crippen LogP contribution in [0.2, 0.25) is 5.02 Å². The lowest BCUT2D eigenvalue weighted by atomic mass is 10.2. The first kappa shape index (κ1) is 12.2. The molecule has 2 nitrogen and oxygen atoms in total. The van der Waals surface area contributed by atoms with Crippen molar-refractivity contribution >= 4 is 17.4 Å². The molecule has 1 rings (SSSR count). The Morgan fingerprint density at radius 1 is 1.33 bits per heavy atom. The number of carbonyl (C=O) groups excluding carboxylic acids is 1. The molecule has 15 heavy (non-hydrogen) atoms. The number of rotatable bonds is 6. The molecule has 0 aliphatic carbocycles. The third-order valence-electron chi connectivity index (χ3n) is 1.97. The van der Waals surface area contributed by atoms with Gasteiger partial charge in [-0.15, -0.1) is 0 Å². The molecule has 0 heterocycles. The molecule has 0 amide bonds. The summed E-state index contributed by atoms with van der Waals surface area (Å²) in [5.74, 6) is 0.159. The molecule has 0 spiro atoms. The van der Waals surface area contributed by atoms with Gasteiger partial charge in [0.15, 0.2) is 5.78 Å². The lowest BCUT2D eigenvalue weighted by Crippen LogP contribution is -2.07. The van der Waals surface area contributed by atoms with Crippen molar-refractivity contribution in [1.82, 2.24) is 0 Å². The zero-order chi connectivity index (χ0) is 11.1. The normalized spacial score (nSPS) is 10.3. The Kier molecular flexibility index (Phi) is 5.37. The van der Waals surface area contributed by atoms with Crippen LogP contribution >= 0.6 is 11.6 Å². The van der Waals surface area contributed by atoms with Gasteiger partial charge in [0.25, 0.3) is 0 Å². The first-order valence-corrected chi connectivity index (χ1v) is 5.44. The van der Waals surface area contributed by atoms with E-state index in [-0.39, 0.29) is 12.4 Å². The summed E-state index contributed by atoms with van der Waals surface area (Å²) < 4.78 is 5.28. The van der Waals surface area contributed by atoms with Crippen LogP contribution in [0.3, 0.4) is 0 Å². The molecule has 0 unspecified atom stereocenters. The van der Waals surface area contributed by atoms with Crippen molar-refractivity contribution in [2.75, 3.05) is 6.61 Å². The summed E-state index contributed by atoms with van der Waals surface area (Å²) in [6.45, 7) is 2.65. The van der Waals surface area contributed by atoms with Gasteiger partial charge in [0.2, 0.25) is 0 Å². The lowest BCUT2D eigenvalue weighted by molar-refractivity contribution is -0.124. The molecule has 1 aromatic rings. The van der Waals surface area contributed by atoms with Crippen molar-refractivity contribution in [3.8, 4) is 0 Å². The SMILES string of the molecule is CCCC(=O)COCc1ccc(Cl)cc1. The highest BCUT2D eigenvalue weighted by atomic mass is 35.5. The third-order valence-corrected chi connectivity index (χ3v) is 2.23. The van der Waals surface area contributed by atoms with E-state index < -0.39 is 0 Å². The van der Waals surface area contributed by atoms with E-state index in [0.29, 0.717) is 18.1 Å². The van der Waals surface area contributed by atoms with E-state index in [0.717, 1.165) is 12.0 Å². The van der Waals surface area contributed by atoms with Crippen LogP contribution in [-0.2, 0) is 16.1 Å². The fourth-order valence-electron chi connectivity index (χ4n) is 1.21. The van der Waals surface area contributed by atoms with Crippen LogP contribution in [0, 0.1) is 0 Å². The highest BCUT2D eigenvalue weighted by Crippen LogP contribution is 2.10. The summed E-state index contributed by atoms with van der Waals surface area (Å²) in [6, 6.07) is 7.42. The van der Waals surface area contributed by atoms with Crippen LogP contribution in [-0.4, -0.2) is 12.4 Å². The molecular formula is C12H15ClO2. The molecule has 0 aliphatic rings. The van der Waals surface area contributed by atoms with Gasteiger partial charge in [-0.3, -0.25) is 4.79 Å². The third kappa shape index (κ3) is 4.96. The summed E-state index contributed by atoms with van der Waals surface area (Å²) in [6.07, 6.45) is 1.48. The summed E-state index contributed by atoms with van der Waals surface area (Å²) in [4.78, 5) is 11.1. The standard InChI is InChI=1S/C12H15ClO2/c1-2-3-12(14)9-15-8-10-4-6-11(13)7-5-10/h4-7H,2-3,8-9H2,1H3. The summed E-state index contributed by atoms with van der Waals surface area (Å²) in [5.41, 5.74) is 1.03. The van der Waals surface area contributed by atoms with Crippen molar-refractivity contribution in [2.24, 2.45) is 0 Å². The average Bonchev–Trinajstić information content (AvgIpc) is 2.21. The van der Waals surface area contributed by atoms with Gasteiger partial charge in [-0.1, -0.05) is 30.7 Å². The predicted octanol–water partition coefficient (Wildman–Crippen LogP) is 3.23. The summed E-state index contributed by atoms with van der Waals surface area (Å²) >= 11 is 5.74. The summed E-state index contributed by atoms with van der Waals surface area (Å²) in [7, 11) is 0. The van der Waals surface area contributed by atoms with Gasteiger partial charge in [-0.05, 0) is 24.1 Å². The highest BCUT2D eigenvalue weighted by molar-refractivity contribution is 6.30. The molecule has 0 N–H and O–H groups in total. The minimum absolute atomic E-state index is 0.159. The zero-order valence-corrected chi connectivity index (χ0v) is 9.59. The average molecular weight is 227 g/mol. The quantitative estimate of drug-likeness (QED) is 0.745. The van der Waals surface area contributed by atoms with Crippen molar-refractivity contribution in [1.29, 1.82) is 0 Å². The van der Waals surface area contributed by atoms with E-state index in [9.17, 15) is 4.79 Å². The minimum Gasteiger partial charge on any atom is -0.369 e. The molecule has 0 saturated heterocycles. The van der Waals surface area contributed by atoms with Crippen molar-refractivity contribution < 1.29 is 9.53 Å². The molecule has 0 bridgehead atoms. The van der Waals surface area contributed by atoms with E-state index in [2.05, 4.69) is 0 Å². The minimum atomic E-state index is 0.159. The summed E-state index contributed by atoms with van der Waals surface area (Å²) in [5, 5.41) is 0.709. The number of Topliss-reactive ketones (excluding diaryl/α,β-unsaturated/α-hetero) is 1. The van der Waals surface area contributed by atoms with Crippen LogP contribution in [0.5, 0.6) is 0 Å². The molecule has 0 atom stereocenters. The van der Waals surface area contributed by atoms with Gasteiger partial charge < -0.3 is 4.74 Å². The Hall–Kier alpha value is -0.860. The second kappa shape index (κ2) is 6.59. The van der Waals surface area contributed by atoms with Gasteiger partial charge in [0.05, 0.1) is 6.61 Å². The topological polar surface area (TPSA) is 26.3 Å². The monoisotopic (exact) mass is 226 g/mol. The first-order valence-electron chi connectivity index (χ1n) is 5.06. The van der Waals surface area contributed by atoms with Crippen LogP contribution in [0.4, 0.5) is 0 Å². The molecule has 0 aromatic heterocycles. The highest BCUT2D eigenvalue weighted by Gasteiger charge is 2.00. The van der Waals surface area contributed by atoms with E-state index in [1.165, 1.54) is 0 Å². The second-order valence-corrected chi connectivity index (χ2v) is 3.84. The molecular weight excluding hydrogens is 212 g/mol. The molecule has 0 aliphatic heterocycles.